The Morgan fingerprint density at radius 3 is 2.12 bits per heavy atom. The third-order valence-corrected chi connectivity index (χ3v) is 3.56. The predicted molar refractivity (Wildman–Crippen MR) is 73.8 cm³/mol. The van der Waals surface area contributed by atoms with Gasteiger partial charge in [-0.1, -0.05) is 6.07 Å². The molecule has 1 aromatic carbocycles. The van der Waals surface area contributed by atoms with E-state index in [1.165, 1.54) is 27.8 Å². The van der Waals surface area contributed by atoms with Crippen LogP contribution in [0.5, 0.6) is 0 Å². The van der Waals surface area contributed by atoms with Crippen molar-refractivity contribution in [3.8, 4) is 0 Å². The van der Waals surface area contributed by atoms with Crippen LogP contribution in [0, 0.1) is 27.7 Å². The lowest BCUT2D eigenvalue weighted by atomic mass is 9.92. The van der Waals surface area contributed by atoms with E-state index in [1.807, 2.05) is 0 Å². The minimum Gasteiger partial charge on any atom is -0.383 e. The van der Waals surface area contributed by atoms with Crippen LogP contribution in [0.25, 0.3) is 0 Å². The molecule has 17 heavy (non-hydrogen) atoms. The Bertz CT molecular complexity index is 345. The van der Waals surface area contributed by atoms with E-state index in [2.05, 4.69) is 39.1 Å². The number of rotatable bonds is 6. The Morgan fingerprint density at radius 1 is 1.00 bits per heavy atom. The second-order valence-electron chi connectivity index (χ2n) is 4.73. The fourth-order valence-corrected chi connectivity index (χ4v) is 2.19. The van der Waals surface area contributed by atoms with Crippen molar-refractivity contribution in [2.75, 3.05) is 26.8 Å². The fourth-order valence-electron chi connectivity index (χ4n) is 2.19. The average Bonchev–Trinajstić information content (AvgIpc) is 2.30. The van der Waals surface area contributed by atoms with Crippen LogP contribution >= 0.6 is 0 Å². The molecule has 0 radical (unpaired) electrons. The largest absolute Gasteiger partial charge is 0.383 e. The lowest BCUT2D eigenvalue weighted by Gasteiger charge is -2.15. The van der Waals surface area contributed by atoms with E-state index in [-0.39, 0.29) is 0 Å². The number of hydrogen-bond acceptors (Lipinski definition) is 2. The van der Waals surface area contributed by atoms with E-state index < -0.39 is 0 Å². The SMILES string of the molecule is COCCNCCc1c(C)c(C)cc(C)c1C. The van der Waals surface area contributed by atoms with Gasteiger partial charge in [0, 0.05) is 13.7 Å². The second kappa shape index (κ2) is 6.77. The summed E-state index contributed by atoms with van der Waals surface area (Å²) in [7, 11) is 1.74. The molecule has 1 N–H and O–H groups in total. The first-order chi connectivity index (χ1) is 8.07. The van der Waals surface area contributed by atoms with Crippen molar-refractivity contribution in [2.24, 2.45) is 0 Å². The zero-order chi connectivity index (χ0) is 12.8. The number of ether oxygens (including phenoxy) is 1. The molecule has 0 aromatic heterocycles. The molecule has 0 unspecified atom stereocenters. The minimum absolute atomic E-state index is 0.783. The standard InChI is InChI=1S/C15H25NO/c1-11-10-12(2)14(4)15(13(11)3)6-7-16-8-9-17-5/h10,16H,6-9H2,1-5H3. The molecule has 0 aliphatic heterocycles. The first kappa shape index (κ1) is 14.2. The van der Waals surface area contributed by atoms with Gasteiger partial charge < -0.3 is 10.1 Å². The molecule has 1 aromatic rings. The van der Waals surface area contributed by atoms with Gasteiger partial charge in [0.25, 0.3) is 0 Å². The Kier molecular flexibility index (Phi) is 5.66. The van der Waals surface area contributed by atoms with Gasteiger partial charge in [0.15, 0.2) is 0 Å². The van der Waals surface area contributed by atoms with Crippen LogP contribution in [0.2, 0.25) is 0 Å². The zero-order valence-corrected chi connectivity index (χ0v) is 11.8. The highest BCUT2D eigenvalue weighted by Gasteiger charge is 2.07. The van der Waals surface area contributed by atoms with Crippen LogP contribution < -0.4 is 5.32 Å². The van der Waals surface area contributed by atoms with Crippen LogP contribution in [0.15, 0.2) is 6.07 Å². The minimum atomic E-state index is 0.783. The first-order valence-electron chi connectivity index (χ1n) is 6.33. The topological polar surface area (TPSA) is 21.3 Å². The van der Waals surface area contributed by atoms with Gasteiger partial charge in [0.1, 0.15) is 0 Å². The summed E-state index contributed by atoms with van der Waals surface area (Å²) >= 11 is 0. The maximum atomic E-state index is 5.02. The predicted octanol–water partition coefficient (Wildman–Crippen LogP) is 2.70. The molecule has 0 amide bonds. The summed E-state index contributed by atoms with van der Waals surface area (Å²) in [4.78, 5) is 0. The highest BCUT2D eigenvalue weighted by Crippen LogP contribution is 2.21. The van der Waals surface area contributed by atoms with E-state index in [0.717, 1.165) is 26.1 Å². The summed E-state index contributed by atoms with van der Waals surface area (Å²) in [5, 5.41) is 3.40. The molecule has 1 rings (SSSR count). The maximum Gasteiger partial charge on any atom is 0.0587 e. The van der Waals surface area contributed by atoms with Crippen LogP contribution in [-0.2, 0) is 11.2 Å². The Hall–Kier alpha value is -0.860. The van der Waals surface area contributed by atoms with E-state index >= 15 is 0 Å². The van der Waals surface area contributed by atoms with Crippen LogP contribution in [0.3, 0.4) is 0 Å². The quantitative estimate of drug-likeness (QED) is 0.765. The Labute approximate surface area is 105 Å². The van der Waals surface area contributed by atoms with E-state index in [1.54, 1.807) is 7.11 Å². The normalized spacial score (nSPS) is 10.9. The number of benzene rings is 1. The van der Waals surface area contributed by atoms with Gasteiger partial charge in [-0.2, -0.15) is 0 Å². The van der Waals surface area contributed by atoms with Crippen molar-refractivity contribution in [3.05, 3.63) is 33.9 Å². The number of nitrogens with one attached hydrogen (secondary N) is 1. The van der Waals surface area contributed by atoms with Gasteiger partial charge in [-0.3, -0.25) is 0 Å². The van der Waals surface area contributed by atoms with E-state index in [9.17, 15) is 0 Å². The van der Waals surface area contributed by atoms with Crippen molar-refractivity contribution in [2.45, 2.75) is 34.1 Å². The van der Waals surface area contributed by atoms with E-state index in [4.69, 9.17) is 4.74 Å². The molecular weight excluding hydrogens is 210 g/mol. The summed E-state index contributed by atoms with van der Waals surface area (Å²) in [6.45, 7) is 11.6. The molecule has 2 heteroatoms. The molecule has 0 saturated carbocycles. The molecule has 0 heterocycles. The summed E-state index contributed by atoms with van der Waals surface area (Å²) in [6.07, 6.45) is 1.10. The fraction of sp³-hybridized carbons (Fsp3) is 0.600. The first-order valence-corrected chi connectivity index (χ1v) is 6.33. The summed E-state index contributed by atoms with van der Waals surface area (Å²) in [5.41, 5.74) is 7.20. The van der Waals surface area contributed by atoms with Crippen molar-refractivity contribution >= 4 is 0 Å². The van der Waals surface area contributed by atoms with Crippen molar-refractivity contribution in [1.82, 2.24) is 5.32 Å². The van der Waals surface area contributed by atoms with Gasteiger partial charge in [0.2, 0.25) is 0 Å². The molecule has 0 saturated heterocycles. The molecule has 0 fully saturated rings. The van der Waals surface area contributed by atoms with Gasteiger partial charge in [0.05, 0.1) is 6.61 Å². The van der Waals surface area contributed by atoms with Crippen LogP contribution in [0.1, 0.15) is 27.8 Å². The number of aryl methyl sites for hydroxylation is 2. The van der Waals surface area contributed by atoms with Crippen molar-refractivity contribution < 1.29 is 4.74 Å². The van der Waals surface area contributed by atoms with Gasteiger partial charge in [-0.15, -0.1) is 0 Å². The van der Waals surface area contributed by atoms with Crippen LogP contribution in [-0.4, -0.2) is 26.8 Å². The molecule has 0 atom stereocenters. The third kappa shape index (κ3) is 3.83. The molecule has 0 bridgehead atoms. The molecule has 2 nitrogen and oxygen atoms in total. The lowest BCUT2D eigenvalue weighted by molar-refractivity contribution is 0.199. The molecule has 0 aliphatic carbocycles. The average molecular weight is 235 g/mol. The monoisotopic (exact) mass is 235 g/mol. The smallest absolute Gasteiger partial charge is 0.0587 e. The highest BCUT2D eigenvalue weighted by molar-refractivity contribution is 5.44. The van der Waals surface area contributed by atoms with Gasteiger partial charge in [-0.05, 0) is 68.5 Å². The second-order valence-corrected chi connectivity index (χ2v) is 4.73. The molecule has 0 aliphatic rings. The lowest BCUT2D eigenvalue weighted by Crippen LogP contribution is -2.22. The maximum absolute atomic E-state index is 5.02. The number of methoxy groups -OCH3 is 1. The third-order valence-electron chi connectivity index (χ3n) is 3.56. The van der Waals surface area contributed by atoms with Gasteiger partial charge in [-0.25, -0.2) is 0 Å². The Morgan fingerprint density at radius 2 is 1.59 bits per heavy atom. The highest BCUT2D eigenvalue weighted by atomic mass is 16.5. The summed E-state index contributed by atoms with van der Waals surface area (Å²) in [6, 6.07) is 2.28. The van der Waals surface area contributed by atoms with Crippen molar-refractivity contribution in [1.29, 1.82) is 0 Å². The zero-order valence-electron chi connectivity index (χ0n) is 11.8. The van der Waals surface area contributed by atoms with Crippen LogP contribution in [0.4, 0.5) is 0 Å². The van der Waals surface area contributed by atoms with E-state index in [0.29, 0.717) is 0 Å². The summed E-state index contributed by atoms with van der Waals surface area (Å²) < 4.78 is 5.02. The number of hydrogen-bond donors (Lipinski definition) is 1. The van der Waals surface area contributed by atoms with Crippen molar-refractivity contribution in [3.63, 3.8) is 0 Å². The summed E-state index contributed by atoms with van der Waals surface area (Å²) in [5.74, 6) is 0. The molecular formula is C15H25NO. The Balaban J connectivity index is 2.64. The van der Waals surface area contributed by atoms with Gasteiger partial charge >= 0.3 is 0 Å². The molecule has 96 valence electrons. The molecule has 0 spiro atoms.